The molecule has 2 aromatic carbocycles. The summed E-state index contributed by atoms with van der Waals surface area (Å²) < 4.78 is 17.4. The second kappa shape index (κ2) is 11.7. The van der Waals surface area contributed by atoms with Crippen LogP contribution in [0.4, 0.5) is 0 Å². The lowest BCUT2D eigenvalue weighted by molar-refractivity contribution is -0.137. The number of nitrogens with one attached hydrogen (secondary N) is 1. The minimum Gasteiger partial charge on any atom is -0.496 e. The summed E-state index contributed by atoms with van der Waals surface area (Å²) in [6.07, 6.45) is 0.851. The van der Waals surface area contributed by atoms with Crippen LogP contribution < -0.4 is 19.5 Å². The number of amides is 1. The number of ether oxygens (including phenoxy) is 3. The quantitative estimate of drug-likeness (QED) is 0.314. The number of esters is 1. The smallest absolute Gasteiger partial charge is 0.313 e. The fourth-order valence-corrected chi connectivity index (χ4v) is 4.59. The van der Waals surface area contributed by atoms with Crippen LogP contribution in [-0.2, 0) is 21.4 Å². The summed E-state index contributed by atoms with van der Waals surface area (Å²) in [7, 11) is 3.23. The Morgan fingerprint density at radius 3 is 2.24 bits per heavy atom. The lowest BCUT2D eigenvalue weighted by atomic mass is 9.78. The van der Waals surface area contributed by atoms with Gasteiger partial charge in [-0.05, 0) is 71.1 Å². The lowest BCUT2D eigenvalue weighted by Gasteiger charge is -2.29. The van der Waals surface area contributed by atoms with E-state index in [4.69, 9.17) is 14.2 Å². The summed E-state index contributed by atoms with van der Waals surface area (Å²) in [5, 5.41) is 3.01. The molecule has 0 fully saturated rings. The Bertz CT molecular complexity index is 1050. The van der Waals surface area contributed by atoms with Crippen LogP contribution in [0.1, 0.15) is 56.4 Å². The molecule has 0 saturated heterocycles. The van der Waals surface area contributed by atoms with E-state index in [1.165, 1.54) is 0 Å². The van der Waals surface area contributed by atoms with E-state index in [0.717, 1.165) is 32.5 Å². The maximum absolute atomic E-state index is 12.9. The van der Waals surface area contributed by atoms with Gasteiger partial charge in [0, 0.05) is 23.9 Å². The molecule has 0 atom stereocenters. The Balaban J connectivity index is 2.14. The molecule has 0 aliphatic rings. The molecule has 0 radical (unpaired) electrons. The SMILES string of the molecule is COc1cc(CCNC(=O)CC(C)(C)c2c(C)cc(C)cc2OC(=O)C(C)C)c(OC)cc1Br. The standard InChI is InChI=1S/C27H36BrNO5/c1-16(2)26(31)34-23-12-17(3)11-18(4)25(23)27(5,6)15-24(30)29-10-9-19-13-22(33-8)20(28)14-21(19)32-7/h11-14,16H,9-10,15H2,1-8H3,(H,29,30). The van der Waals surface area contributed by atoms with Gasteiger partial charge >= 0.3 is 5.97 Å². The van der Waals surface area contributed by atoms with Gasteiger partial charge in [-0.2, -0.15) is 0 Å². The molecule has 0 unspecified atom stereocenters. The van der Waals surface area contributed by atoms with E-state index in [1.807, 2.05) is 45.9 Å². The molecule has 7 heteroatoms. The van der Waals surface area contributed by atoms with E-state index in [2.05, 4.69) is 27.3 Å². The molecular weight excluding hydrogens is 498 g/mol. The predicted octanol–water partition coefficient (Wildman–Crippen LogP) is 5.67. The molecule has 0 aliphatic carbocycles. The number of halogens is 1. The Morgan fingerprint density at radius 1 is 1.00 bits per heavy atom. The largest absolute Gasteiger partial charge is 0.496 e. The highest BCUT2D eigenvalue weighted by atomic mass is 79.9. The molecule has 1 N–H and O–H groups in total. The third-order valence-corrected chi connectivity index (χ3v) is 6.30. The van der Waals surface area contributed by atoms with Crippen molar-refractivity contribution >= 4 is 27.8 Å². The molecule has 34 heavy (non-hydrogen) atoms. The van der Waals surface area contributed by atoms with Crippen molar-refractivity contribution in [2.75, 3.05) is 20.8 Å². The van der Waals surface area contributed by atoms with Gasteiger partial charge in [0.15, 0.2) is 0 Å². The number of rotatable bonds is 10. The van der Waals surface area contributed by atoms with E-state index in [-0.39, 0.29) is 24.2 Å². The summed E-state index contributed by atoms with van der Waals surface area (Å²) in [6.45, 7) is 12.0. The maximum Gasteiger partial charge on any atom is 0.313 e. The first-order valence-corrected chi connectivity index (χ1v) is 12.2. The molecule has 2 aromatic rings. The molecule has 2 rings (SSSR count). The molecular formula is C27H36BrNO5. The van der Waals surface area contributed by atoms with Crippen molar-refractivity contribution in [2.45, 2.75) is 59.8 Å². The first kappa shape index (κ1) is 27.7. The minimum absolute atomic E-state index is 0.0749. The van der Waals surface area contributed by atoms with Crippen molar-refractivity contribution in [1.29, 1.82) is 0 Å². The second-order valence-electron chi connectivity index (χ2n) is 9.49. The fraction of sp³-hybridized carbons (Fsp3) is 0.481. The van der Waals surface area contributed by atoms with Crippen LogP contribution in [0.2, 0.25) is 0 Å². The Hall–Kier alpha value is -2.54. The third kappa shape index (κ3) is 6.98. The molecule has 186 valence electrons. The van der Waals surface area contributed by atoms with Gasteiger partial charge in [0.25, 0.3) is 0 Å². The van der Waals surface area contributed by atoms with Crippen molar-refractivity contribution < 1.29 is 23.8 Å². The van der Waals surface area contributed by atoms with Crippen LogP contribution in [-0.4, -0.2) is 32.6 Å². The van der Waals surface area contributed by atoms with Crippen LogP contribution in [0.25, 0.3) is 0 Å². The molecule has 0 bridgehead atoms. The van der Waals surface area contributed by atoms with Gasteiger partial charge in [-0.1, -0.05) is 33.8 Å². The zero-order valence-corrected chi connectivity index (χ0v) is 23.0. The normalized spacial score (nSPS) is 11.4. The fourth-order valence-electron chi connectivity index (χ4n) is 4.11. The summed E-state index contributed by atoms with van der Waals surface area (Å²) in [6, 6.07) is 7.69. The van der Waals surface area contributed by atoms with E-state index in [1.54, 1.807) is 28.1 Å². The topological polar surface area (TPSA) is 73.9 Å². The van der Waals surface area contributed by atoms with Crippen LogP contribution in [0.3, 0.4) is 0 Å². The van der Waals surface area contributed by atoms with Crippen LogP contribution >= 0.6 is 15.9 Å². The number of carbonyl (C=O) groups excluding carboxylic acids is 2. The minimum atomic E-state index is -0.535. The lowest BCUT2D eigenvalue weighted by Crippen LogP contribution is -2.33. The van der Waals surface area contributed by atoms with Gasteiger partial charge in [0.1, 0.15) is 17.2 Å². The molecule has 0 heterocycles. The van der Waals surface area contributed by atoms with Gasteiger partial charge in [0.2, 0.25) is 5.91 Å². The van der Waals surface area contributed by atoms with Gasteiger partial charge in [-0.3, -0.25) is 9.59 Å². The zero-order chi connectivity index (χ0) is 25.6. The van der Waals surface area contributed by atoms with Crippen molar-refractivity contribution in [3.63, 3.8) is 0 Å². The van der Waals surface area contributed by atoms with Crippen molar-refractivity contribution in [2.24, 2.45) is 5.92 Å². The number of carbonyl (C=O) groups is 2. The number of hydrogen-bond acceptors (Lipinski definition) is 5. The number of methoxy groups -OCH3 is 2. The summed E-state index contributed by atoms with van der Waals surface area (Å²) in [5.74, 6) is 1.37. The molecule has 0 aliphatic heterocycles. The first-order chi connectivity index (χ1) is 15.9. The molecule has 0 saturated carbocycles. The van der Waals surface area contributed by atoms with Crippen LogP contribution in [0, 0.1) is 19.8 Å². The molecule has 0 spiro atoms. The summed E-state index contributed by atoms with van der Waals surface area (Å²) >= 11 is 3.46. The van der Waals surface area contributed by atoms with Crippen molar-refractivity contribution in [3.8, 4) is 17.2 Å². The monoisotopic (exact) mass is 533 g/mol. The number of aryl methyl sites for hydroxylation is 2. The first-order valence-electron chi connectivity index (χ1n) is 11.4. The van der Waals surface area contributed by atoms with Gasteiger partial charge in [-0.25, -0.2) is 0 Å². The highest BCUT2D eigenvalue weighted by Crippen LogP contribution is 2.38. The molecule has 1 amide bonds. The third-order valence-electron chi connectivity index (χ3n) is 5.68. The molecule has 6 nitrogen and oxygen atoms in total. The van der Waals surface area contributed by atoms with Crippen molar-refractivity contribution in [1.82, 2.24) is 5.32 Å². The maximum atomic E-state index is 12.9. The van der Waals surface area contributed by atoms with Gasteiger partial charge in [0.05, 0.1) is 24.6 Å². The summed E-state index contributed by atoms with van der Waals surface area (Å²) in [4.78, 5) is 25.2. The second-order valence-corrected chi connectivity index (χ2v) is 10.3. The van der Waals surface area contributed by atoms with E-state index in [0.29, 0.717) is 24.5 Å². The number of hydrogen-bond donors (Lipinski definition) is 1. The Labute approximate surface area is 211 Å². The number of benzene rings is 2. The van der Waals surface area contributed by atoms with Crippen LogP contribution in [0.15, 0.2) is 28.7 Å². The average Bonchev–Trinajstić information content (AvgIpc) is 2.73. The highest BCUT2D eigenvalue weighted by Gasteiger charge is 2.30. The Morgan fingerprint density at radius 2 is 1.65 bits per heavy atom. The van der Waals surface area contributed by atoms with Gasteiger partial charge < -0.3 is 19.5 Å². The Kier molecular flexibility index (Phi) is 9.56. The van der Waals surface area contributed by atoms with Crippen LogP contribution in [0.5, 0.6) is 17.2 Å². The van der Waals surface area contributed by atoms with Crippen molar-refractivity contribution in [3.05, 3.63) is 51.0 Å². The highest BCUT2D eigenvalue weighted by molar-refractivity contribution is 9.10. The van der Waals surface area contributed by atoms with E-state index in [9.17, 15) is 9.59 Å². The van der Waals surface area contributed by atoms with E-state index < -0.39 is 5.41 Å². The zero-order valence-electron chi connectivity index (χ0n) is 21.4. The predicted molar refractivity (Wildman–Crippen MR) is 138 cm³/mol. The van der Waals surface area contributed by atoms with E-state index >= 15 is 0 Å². The van der Waals surface area contributed by atoms with Gasteiger partial charge in [-0.15, -0.1) is 0 Å². The summed E-state index contributed by atoms with van der Waals surface area (Å²) in [5.41, 5.74) is 3.29. The average molecular weight is 534 g/mol. The molecule has 0 aromatic heterocycles.